The Morgan fingerprint density at radius 3 is 2.43 bits per heavy atom. The number of amides is 1. The number of nitrogens with zero attached hydrogens (tertiary/aromatic N) is 3. The average molecular weight is 372 g/mol. The third-order valence-corrected chi connectivity index (χ3v) is 4.35. The molecular weight excluding hydrogens is 352 g/mol. The molecule has 0 aliphatic rings. The van der Waals surface area contributed by atoms with E-state index in [0.717, 1.165) is 22.6 Å². The van der Waals surface area contributed by atoms with Crippen molar-refractivity contribution in [3.05, 3.63) is 77.1 Å². The maximum absolute atomic E-state index is 12.5. The SMILES string of the molecule is COc1ccc(NC(=O)/C(C#N)=C/c2c(C)nn(-c3ccccc3)c2C)cc1. The summed E-state index contributed by atoms with van der Waals surface area (Å²) < 4.78 is 6.90. The molecule has 0 spiro atoms. The van der Waals surface area contributed by atoms with Crippen LogP contribution >= 0.6 is 0 Å². The van der Waals surface area contributed by atoms with Gasteiger partial charge in [0.25, 0.3) is 5.91 Å². The summed E-state index contributed by atoms with van der Waals surface area (Å²) in [7, 11) is 1.57. The van der Waals surface area contributed by atoms with Crippen LogP contribution in [-0.4, -0.2) is 22.8 Å². The highest BCUT2D eigenvalue weighted by molar-refractivity contribution is 6.09. The molecule has 0 radical (unpaired) electrons. The number of aromatic nitrogens is 2. The van der Waals surface area contributed by atoms with Gasteiger partial charge in [-0.2, -0.15) is 10.4 Å². The normalized spacial score (nSPS) is 11.0. The van der Waals surface area contributed by atoms with Crippen molar-refractivity contribution in [3.8, 4) is 17.5 Å². The zero-order valence-electron chi connectivity index (χ0n) is 15.9. The number of aryl methyl sites for hydroxylation is 1. The van der Waals surface area contributed by atoms with Gasteiger partial charge in [-0.15, -0.1) is 0 Å². The highest BCUT2D eigenvalue weighted by atomic mass is 16.5. The number of carbonyl (C=O) groups is 1. The van der Waals surface area contributed by atoms with Crippen molar-refractivity contribution in [1.82, 2.24) is 9.78 Å². The fourth-order valence-corrected chi connectivity index (χ4v) is 2.85. The molecule has 0 aliphatic heterocycles. The molecule has 0 saturated carbocycles. The number of methoxy groups -OCH3 is 1. The molecule has 3 aromatic rings. The summed E-state index contributed by atoms with van der Waals surface area (Å²) in [5.41, 5.74) is 3.87. The lowest BCUT2D eigenvalue weighted by Crippen LogP contribution is -2.13. The van der Waals surface area contributed by atoms with Crippen molar-refractivity contribution in [1.29, 1.82) is 5.26 Å². The van der Waals surface area contributed by atoms with Crippen molar-refractivity contribution >= 4 is 17.7 Å². The number of benzene rings is 2. The van der Waals surface area contributed by atoms with E-state index >= 15 is 0 Å². The Morgan fingerprint density at radius 1 is 1.14 bits per heavy atom. The first-order valence-corrected chi connectivity index (χ1v) is 8.72. The summed E-state index contributed by atoms with van der Waals surface area (Å²) in [6, 6.07) is 18.6. The van der Waals surface area contributed by atoms with Crippen LogP contribution in [0.4, 0.5) is 5.69 Å². The fourth-order valence-electron chi connectivity index (χ4n) is 2.85. The lowest BCUT2D eigenvalue weighted by Gasteiger charge is -2.06. The minimum atomic E-state index is -0.473. The van der Waals surface area contributed by atoms with Crippen LogP contribution in [0.5, 0.6) is 5.75 Å². The van der Waals surface area contributed by atoms with Gasteiger partial charge in [0.2, 0.25) is 0 Å². The number of nitrogens with one attached hydrogen (secondary N) is 1. The van der Waals surface area contributed by atoms with E-state index in [4.69, 9.17) is 4.74 Å². The van der Waals surface area contributed by atoms with Crippen molar-refractivity contribution in [2.45, 2.75) is 13.8 Å². The van der Waals surface area contributed by atoms with Crippen molar-refractivity contribution in [3.63, 3.8) is 0 Å². The minimum absolute atomic E-state index is 0.00892. The summed E-state index contributed by atoms with van der Waals surface area (Å²) in [6.45, 7) is 3.77. The molecule has 0 bridgehead atoms. The van der Waals surface area contributed by atoms with Crippen molar-refractivity contribution in [2.75, 3.05) is 12.4 Å². The predicted octanol–water partition coefficient (Wildman–Crippen LogP) is 4.04. The molecule has 1 amide bonds. The average Bonchev–Trinajstić information content (AvgIpc) is 3.01. The first-order chi connectivity index (χ1) is 13.5. The quantitative estimate of drug-likeness (QED) is 0.541. The third-order valence-electron chi connectivity index (χ3n) is 4.35. The second-order valence-corrected chi connectivity index (χ2v) is 6.18. The van der Waals surface area contributed by atoms with Crippen LogP contribution in [0.25, 0.3) is 11.8 Å². The van der Waals surface area contributed by atoms with Gasteiger partial charge >= 0.3 is 0 Å². The Labute approximate surface area is 163 Å². The number of nitriles is 1. The van der Waals surface area contributed by atoms with Crippen LogP contribution in [-0.2, 0) is 4.79 Å². The zero-order valence-corrected chi connectivity index (χ0v) is 15.9. The molecule has 1 heterocycles. The summed E-state index contributed by atoms with van der Waals surface area (Å²) >= 11 is 0. The Balaban J connectivity index is 1.89. The van der Waals surface area contributed by atoms with Crippen LogP contribution < -0.4 is 10.1 Å². The van der Waals surface area contributed by atoms with Crippen LogP contribution in [0.15, 0.2) is 60.2 Å². The van der Waals surface area contributed by atoms with Gasteiger partial charge in [-0.05, 0) is 56.3 Å². The molecule has 0 atom stereocenters. The zero-order chi connectivity index (χ0) is 20.1. The van der Waals surface area contributed by atoms with Crippen LogP contribution in [0.2, 0.25) is 0 Å². The molecule has 1 aromatic heterocycles. The largest absolute Gasteiger partial charge is 0.497 e. The van der Waals surface area contributed by atoms with Crippen LogP contribution in [0, 0.1) is 25.2 Å². The van der Waals surface area contributed by atoms with Gasteiger partial charge in [0, 0.05) is 16.9 Å². The molecule has 6 nitrogen and oxygen atoms in total. The molecule has 1 N–H and O–H groups in total. The molecular formula is C22H20N4O2. The minimum Gasteiger partial charge on any atom is -0.497 e. The van der Waals surface area contributed by atoms with E-state index in [-0.39, 0.29) is 5.57 Å². The predicted molar refractivity (Wildman–Crippen MR) is 108 cm³/mol. The Morgan fingerprint density at radius 2 is 1.82 bits per heavy atom. The van der Waals surface area contributed by atoms with Gasteiger partial charge in [-0.1, -0.05) is 18.2 Å². The Hall–Kier alpha value is -3.85. The number of rotatable bonds is 5. The maximum Gasteiger partial charge on any atom is 0.266 e. The first kappa shape index (κ1) is 18.9. The second kappa shape index (κ2) is 8.23. The van der Waals surface area contributed by atoms with Gasteiger partial charge in [-0.25, -0.2) is 4.68 Å². The van der Waals surface area contributed by atoms with Crippen LogP contribution in [0.1, 0.15) is 17.0 Å². The highest BCUT2D eigenvalue weighted by Gasteiger charge is 2.15. The van der Waals surface area contributed by atoms with E-state index in [1.54, 1.807) is 42.1 Å². The molecule has 28 heavy (non-hydrogen) atoms. The summed E-state index contributed by atoms with van der Waals surface area (Å²) in [5, 5.41) is 16.8. The Bertz CT molecular complexity index is 1060. The monoisotopic (exact) mass is 372 g/mol. The lowest BCUT2D eigenvalue weighted by atomic mass is 10.1. The summed E-state index contributed by atoms with van der Waals surface area (Å²) in [4.78, 5) is 12.5. The number of anilines is 1. The fraction of sp³-hybridized carbons (Fsp3) is 0.136. The number of hydrogen-bond donors (Lipinski definition) is 1. The molecule has 0 unspecified atom stereocenters. The van der Waals surface area contributed by atoms with Gasteiger partial charge in [0.15, 0.2) is 0 Å². The van der Waals surface area contributed by atoms with E-state index in [1.807, 2.05) is 50.2 Å². The lowest BCUT2D eigenvalue weighted by molar-refractivity contribution is -0.112. The van der Waals surface area contributed by atoms with Gasteiger partial charge < -0.3 is 10.1 Å². The molecule has 0 aliphatic carbocycles. The summed E-state index contributed by atoms with van der Waals surface area (Å²) in [6.07, 6.45) is 1.58. The third kappa shape index (κ3) is 3.94. The smallest absolute Gasteiger partial charge is 0.266 e. The number of hydrogen-bond acceptors (Lipinski definition) is 4. The van der Waals surface area contributed by atoms with Crippen LogP contribution in [0.3, 0.4) is 0 Å². The molecule has 0 fully saturated rings. The Kier molecular flexibility index (Phi) is 5.56. The maximum atomic E-state index is 12.5. The number of carbonyl (C=O) groups excluding carboxylic acids is 1. The standard InChI is InChI=1S/C22H20N4O2/c1-15-21(16(2)26(25-15)19-7-5-4-6-8-19)13-17(14-23)22(27)24-18-9-11-20(28-3)12-10-18/h4-13H,1-3H3,(H,24,27)/b17-13+. The molecule has 2 aromatic carbocycles. The molecule has 0 saturated heterocycles. The number of para-hydroxylation sites is 1. The van der Waals surface area contributed by atoms with Crippen molar-refractivity contribution < 1.29 is 9.53 Å². The number of ether oxygens (including phenoxy) is 1. The van der Waals surface area contributed by atoms with Crippen molar-refractivity contribution in [2.24, 2.45) is 0 Å². The first-order valence-electron chi connectivity index (χ1n) is 8.72. The summed E-state index contributed by atoms with van der Waals surface area (Å²) in [5.74, 6) is 0.215. The van der Waals surface area contributed by atoms with E-state index in [1.165, 1.54) is 0 Å². The molecule has 3 rings (SSSR count). The second-order valence-electron chi connectivity index (χ2n) is 6.18. The van der Waals surface area contributed by atoms with E-state index in [0.29, 0.717) is 11.4 Å². The van der Waals surface area contributed by atoms with E-state index in [9.17, 15) is 10.1 Å². The van der Waals surface area contributed by atoms with Gasteiger partial charge in [0.1, 0.15) is 17.4 Å². The molecule has 6 heteroatoms. The van der Waals surface area contributed by atoms with E-state index < -0.39 is 5.91 Å². The topological polar surface area (TPSA) is 79.9 Å². The highest BCUT2D eigenvalue weighted by Crippen LogP contribution is 2.21. The van der Waals surface area contributed by atoms with Gasteiger partial charge in [-0.3, -0.25) is 4.79 Å². The van der Waals surface area contributed by atoms with Gasteiger partial charge in [0.05, 0.1) is 18.5 Å². The van der Waals surface area contributed by atoms with E-state index in [2.05, 4.69) is 10.4 Å². The molecule has 140 valence electrons.